The molecule has 2 rings (SSSR count). The Morgan fingerprint density at radius 2 is 1.17 bits per heavy atom. The summed E-state index contributed by atoms with van der Waals surface area (Å²) in [5, 5.41) is 0. The lowest BCUT2D eigenvalue weighted by molar-refractivity contribution is 0.316. The van der Waals surface area contributed by atoms with Crippen molar-refractivity contribution in [1.82, 2.24) is 0 Å². The van der Waals surface area contributed by atoms with Gasteiger partial charge in [-0.3, -0.25) is 0 Å². The number of carbonyl (C=O) groups excluding carboxylic acids is 4. The second-order valence-corrected chi connectivity index (χ2v) is 5.46. The highest BCUT2D eigenvalue weighted by Crippen LogP contribution is 2.29. The molecule has 0 bridgehead atoms. The van der Waals surface area contributed by atoms with Gasteiger partial charge in [0, 0.05) is 17.5 Å². The normalized spacial score (nSPS) is 11.4. The molecule has 0 aliphatic carbocycles. The summed E-state index contributed by atoms with van der Waals surface area (Å²) in [7, 11) is 0. The molecule has 0 spiro atoms. The summed E-state index contributed by atoms with van der Waals surface area (Å²) >= 11 is 0. The fraction of sp³-hybridized carbons (Fsp3) is 0.200. The maximum atomic E-state index is 10.6. The number of ether oxygens (including phenoxy) is 1. The number of benzene rings is 2. The van der Waals surface area contributed by atoms with Crippen molar-refractivity contribution >= 4 is 24.3 Å². The smallest absolute Gasteiger partial charge is 0.237 e. The zero-order valence-electron chi connectivity index (χ0n) is 15.0. The Kier molecular flexibility index (Phi) is 8.33. The van der Waals surface area contributed by atoms with E-state index in [4.69, 9.17) is 4.74 Å². The lowest BCUT2D eigenvalue weighted by Crippen LogP contribution is -2.07. The van der Waals surface area contributed by atoms with Crippen LogP contribution in [-0.4, -0.2) is 30.9 Å². The monoisotopic (exact) mass is 390 g/mol. The Morgan fingerprint density at radius 1 is 0.690 bits per heavy atom. The Bertz CT molecular complexity index is 925. The summed E-state index contributed by atoms with van der Waals surface area (Å²) in [6, 6.07) is 13.6. The Balaban J connectivity index is 2.22. The summed E-state index contributed by atoms with van der Waals surface area (Å²) in [5.41, 5.74) is 1.70. The first-order valence-electron chi connectivity index (χ1n) is 8.32. The fourth-order valence-corrected chi connectivity index (χ4v) is 2.65. The minimum absolute atomic E-state index is 0.193. The number of aliphatic imine (C=N–C) groups is 4. The van der Waals surface area contributed by atoms with Crippen LogP contribution in [0, 0.1) is 0 Å². The van der Waals surface area contributed by atoms with Crippen LogP contribution in [0.15, 0.2) is 68.5 Å². The van der Waals surface area contributed by atoms with Gasteiger partial charge in [-0.1, -0.05) is 42.5 Å². The van der Waals surface area contributed by atoms with Gasteiger partial charge in [0.15, 0.2) is 12.3 Å². The molecule has 0 aliphatic rings. The van der Waals surface area contributed by atoms with Crippen molar-refractivity contribution in [3.63, 3.8) is 0 Å². The second kappa shape index (κ2) is 11.5. The van der Waals surface area contributed by atoms with Crippen molar-refractivity contribution in [2.45, 2.75) is 18.8 Å². The minimum Gasteiger partial charge on any atom is -0.493 e. The third kappa shape index (κ3) is 5.88. The van der Waals surface area contributed by atoms with E-state index < -0.39 is 12.3 Å². The van der Waals surface area contributed by atoms with Gasteiger partial charge >= 0.3 is 0 Å². The van der Waals surface area contributed by atoms with Gasteiger partial charge in [0.2, 0.25) is 24.3 Å². The van der Waals surface area contributed by atoms with Crippen LogP contribution in [0.25, 0.3) is 0 Å². The number of isocyanates is 4. The lowest BCUT2D eigenvalue weighted by Gasteiger charge is -2.14. The van der Waals surface area contributed by atoms with Crippen LogP contribution in [0.1, 0.15) is 29.0 Å². The maximum Gasteiger partial charge on any atom is 0.237 e. The number of nitrogens with zero attached hydrogens (tertiary/aromatic N) is 4. The quantitative estimate of drug-likeness (QED) is 0.455. The van der Waals surface area contributed by atoms with E-state index >= 15 is 0 Å². The van der Waals surface area contributed by atoms with Crippen molar-refractivity contribution in [2.24, 2.45) is 20.0 Å². The molecule has 0 aromatic heterocycles. The largest absolute Gasteiger partial charge is 0.493 e. The highest BCUT2D eigenvalue weighted by atomic mass is 16.5. The molecule has 9 nitrogen and oxygen atoms in total. The zero-order valence-corrected chi connectivity index (χ0v) is 15.0. The first-order chi connectivity index (χ1) is 14.2. The fourth-order valence-electron chi connectivity index (χ4n) is 2.65. The molecule has 2 aromatic carbocycles. The van der Waals surface area contributed by atoms with E-state index in [0.717, 1.165) is 5.56 Å². The summed E-state index contributed by atoms with van der Waals surface area (Å²) < 4.78 is 5.77. The van der Waals surface area contributed by atoms with E-state index in [1.165, 1.54) is 24.3 Å². The predicted molar refractivity (Wildman–Crippen MR) is 100 cm³/mol. The highest BCUT2D eigenvalue weighted by molar-refractivity contribution is 5.44. The zero-order chi connectivity index (χ0) is 20.9. The van der Waals surface area contributed by atoms with E-state index in [1.54, 1.807) is 48.5 Å². The lowest BCUT2D eigenvalue weighted by atomic mass is 10.0. The molecule has 0 amide bonds. The summed E-state index contributed by atoms with van der Waals surface area (Å²) in [5.74, 6) is 0.376. The Labute approximate surface area is 165 Å². The van der Waals surface area contributed by atoms with E-state index in [9.17, 15) is 19.2 Å². The van der Waals surface area contributed by atoms with Gasteiger partial charge in [-0.25, -0.2) is 19.2 Å². The molecule has 0 aliphatic heterocycles. The molecule has 29 heavy (non-hydrogen) atoms. The van der Waals surface area contributed by atoms with E-state index in [1.807, 2.05) is 0 Å². The number of para-hydroxylation sites is 1. The van der Waals surface area contributed by atoms with Crippen molar-refractivity contribution in [1.29, 1.82) is 0 Å². The topological polar surface area (TPSA) is 127 Å². The standard InChI is InChI=1S/C20H14N4O5/c25-11-21-19(22-12-26)16-6-2-1-5-15(16)9-10-29-18-8-4-3-7-17(18)20(23-13-27)24-14-28/h1-8,19-20H,9-10H2. The van der Waals surface area contributed by atoms with Crippen LogP contribution in [0.2, 0.25) is 0 Å². The van der Waals surface area contributed by atoms with Crippen LogP contribution in [0.5, 0.6) is 5.75 Å². The van der Waals surface area contributed by atoms with Gasteiger partial charge in [-0.2, -0.15) is 20.0 Å². The second-order valence-electron chi connectivity index (χ2n) is 5.46. The molecule has 9 heteroatoms. The molecule has 0 atom stereocenters. The third-order valence-electron chi connectivity index (χ3n) is 3.86. The summed E-state index contributed by atoms with van der Waals surface area (Å²) in [6.07, 6.45) is 3.79. The number of hydrogen-bond acceptors (Lipinski definition) is 9. The molecule has 2 aromatic rings. The van der Waals surface area contributed by atoms with Gasteiger partial charge < -0.3 is 4.74 Å². The molecular weight excluding hydrogens is 376 g/mol. The van der Waals surface area contributed by atoms with E-state index in [2.05, 4.69) is 20.0 Å². The van der Waals surface area contributed by atoms with Crippen LogP contribution >= 0.6 is 0 Å². The average Bonchev–Trinajstić information content (AvgIpc) is 2.74. The Morgan fingerprint density at radius 3 is 1.76 bits per heavy atom. The van der Waals surface area contributed by atoms with Crippen molar-refractivity contribution in [3.05, 3.63) is 65.2 Å². The SMILES string of the molecule is O=C=NC(N=C=O)c1ccccc1CCOc1ccccc1C(N=C=O)N=C=O. The summed E-state index contributed by atoms with van der Waals surface area (Å²) in [6.45, 7) is 0.193. The van der Waals surface area contributed by atoms with Crippen LogP contribution in [-0.2, 0) is 25.6 Å². The maximum absolute atomic E-state index is 10.6. The molecule has 0 N–H and O–H groups in total. The number of hydrogen-bond donors (Lipinski definition) is 0. The molecule has 0 saturated carbocycles. The first-order valence-corrected chi connectivity index (χ1v) is 8.32. The molecule has 0 unspecified atom stereocenters. The van der Waals surface area contributed by atoms with Crippen LogP contribution in [0.3, 0.4) is 0 Å². The van der Waals surface area contributed by atoms with Gasteiger partial charge in [-0.15, -0.1) is 0 Å². The van der Waals surface area contributed by atoms with Gasteiger partial charge in [0.05, 0.1) is 6.61 Å². The van der Waals surface area contributed by atoms with Crippen LogP contribution in [0.4, 0.5) is 0 Å². The summed E-state index contributed by atoms with van der Waals surface area (Å²) in [4.78, 5) is 56.4. The number of rotatable bonds is 10. The third-order valence-corrected chi connectivity index (χ3v) is 3.86. The molecule has 0 fully saturated rings. The van der Waals surface area contributed by atoms with Crippen molar-refractivity contribution < 1.29 is 23.9 Å². The molecule has 0 heterocycles. The van der Waals surface area contributed by atoms with Crippen molar-refractivity contribution in [3.8, 4) is 5.75 Å². The van der Waals surface area contributed by atoms with E-state index in [-0.39, 0.29) is 6.61 Å². The van der Waals surface area contributed by atoms with E-state index in [0.29, 0.717) is 23.3 Å². The first kappa shape index (κ1) is 21.1. The Hall–Kier alpha value is -4.24. The molecule has 0 saturated heterocycles. The van der Waals surface area contributed by atoms with Crippen LogP contribution < -0.4 is 4.74 Å². The minimum atomic E-state index is -1.10. The predicted octanol–water partition coefficient (Wildman–Crippen LogP) is 2.65. The van der Waals surface area contributed by atoms with Gasteiger partial charge in [-0.05, 0) is 11.6 Å². The van der Waals surface area contributed by atoms with Gasteiger partial charge in [0.1, 0.15) is 5.75 Å². The molecule has 144 valence electrons. The molecule has 0 radical (unpaired) electrons. The highest BCUT2D eigenvalue weighted by Gasteiger charge is 2.16. The van der Waals surface area contributed by atoms with Gasteiger partial charge in [0.25, 0.3) is 0 Å². The average molecular weight is 390 g/mol. The van der Waals surface area contributed by atoms with Crippen molar-refractivity contribution in [2.75, 3.05) is 6.61 Å². The molecular formula is C20H14N4O5.